The van der Waals surface area contributed by atoms with Crippen molar-refractivity contribution in [3.63, 3.8) is 0 Å². The lowest BCUT2D eigenvalue weighted by molar-refractivity contribution is -0.137. The second kappa shape index (κ2) is 4.37. The van der Waals surface area contributed by atoms with E-state index in [9.17, 15) is 4.79 Å². The first-order valence-electron chi connectivity index (χ1n) is 6.60. The summed E-state index contributed by atoms with van der Waals surface area (Å²) in [7, 11) is 0. The molecule has 1 aliphatic heterocycles. The van der Waals surface area contributed by atoms with Crippen LogP contribution in [-0.4, -0.2) is 21.7 Å². The standard InChI is InChI=1S/C14H17Cl2NOS/c1-9-5-6-11(19-9)10-4-3-7-17(10)12(18)13(2)8-14(13,15)16/h5-6,10H,3-4,7-8H2,1-2H3/t10-,13-/m0/s1. The molecule has 0 aromatic carbocycles. The Kier molecular flexibility index (Phi) is 3.16. The highest BCUT2D eigenvalue weighted by Gasteiger charge is 2.69. The smallest absolute Gasteiger partial charge is 0.232 e. The minimum atomic E-state index is -0.872. The van der Waals surface area contributed by atoms with Gasteiger partial charge in [0, 0.05) is 16.3 Å². The lowest BCUT2D eigenvalue weighted by atomic mass is 10.1. The van der Waals surface area contributed by atoms with Crippen molar-refractivity contribution in [3.8, 4) is 0 Å². The van der Waals surface area contributed by atoms with E-state index in [0.717, 1.165) is 19.4 Å². The number of thiophene rings is 1. The van der Waals surface area contributed by atoms with Gasteiger partial charge in [-0.15, -0.1) is 34.5 Å². The average Bonchev–Trinajstić information content (AvgIpc) is 2.80. The van der Waals surface area contributed by atoms with Crippen LogP contribution in [-0.2, 0) is 4.79 Å². The monoisotopic (exact) mass is 317 g/mol. The number of rotatable bonds is 2. The zero-order valence-electron chi connectivity index (χ0n) is 11.1. The van der Waals surface area contributed by atoms with Gasteiger partial charge in [-0.1, -0.05) is 0 Å². The molecule has 2 nitrogen and oxygen atoms in total. The molecule has 1 saturated carbocycles. The van der Waals surface area contributed by atoms with Gasteiger partial charge in [-0.3, -0.25) is 4.79 Å². The van der Waals surface area contributed by atoms with Gasteiger partial charge in [0.2, 0.25) is 5.91 Å². The number of alkyl halides is 2. The fourth-order valence-corrected chi connectivity index (χ4v) is 4.61. The molecule has 0 N–H and O–H groups in total. The number of hydrogen-bond donors (Lipinski definition) is 0. The summed E-state index contributed by atoms with van der Waals surface area (Å²) in [6.07, 6.45) is 2.66. The topological polar surface area (TPSA) is 20.3 Å². The molecule has 2 atom stereocenters. The zero-order valence-corrected chi connectivity index (χ0v) is 13.4. The van der Waals surface area contributed by atoms with Crippen molar-refractivity contribution in [2.75, 3.05) is 6.54 Å². The third-order valence-electron chi connectivity index (χ3n) is 4.33. The van der Waals surface area contributed by atoms with Crippen LogP contribution in [0, 0.1) is 12.3 Å². The minimum Gasteiger partial charge on any atom is -0.334 e. The van der Waals surface area contributed by atoms with E-state index in [4.69, 9.17) is 23.2 Å². The molecule has 1 aromatic heterocycles. The Morgan fingerprint density at radius 2 is 2.16 bits per heavy atom. The quantitative estimate of drug-likeness (QED) is 0.744. The summed E-state index contributed by atoms with van der Waals surface area (Å²) in [5.41, 5.74) is -0.592. The van der Waals surface area contributed by atoms with E-state index >= 15 is 0 Å². The maximum absolute atomic E-state index is 12.7. The molecule has 2 heterocycles. The van der Waals surface area contributed by atoms with Gasteiger partial charge in [0.25, 0.3) is 0 Å². The summed E-state index contributed by atoms with van der Waals surface area (Å²) in [5.74, 6) is 0.117. The molecule has 0 unspecified atom stereocenters. The number of hydrogen-bond acceptors (Lipinski definition) is 2. The van der Waals surface area contributed by atoms with E-state index in [2.05, 4.69) is 19.1 Å². The van der Waals surface area contributed by atoms with Crippen LogP contribution in [0.1, 0.15) is 42.0 Å². The lowest BCUT2D eigenvalue weighted by Crippen LogP contribution is -2.37. The Balaban J connectivity index is 1.83. The van der Waals surface area contributed by atoms with E-state index in [-0.39, 0.29) is 11.9 Å². The van der Waals surface area contributed by atoms with Gasteiger partial charge in [-0.05, 0) is 45.2 Å². The molecule has 2 aliphatic rings. The van der Waals surface area contributed by atoms with Crippen molar-refractivity contribution in [2.24, 2.45) is 5.41 Å². The van der Waals surface area contributed by atoms with Crippen LogP contribution >= 0.6 is 34.5 Å². The molecule has 0 radical (unpaired) electrons. The predicted molar refractivity (Wildman–Crippen MR) is 79.9 cm³/mol. The molecule has 0 bridgehead atoms. The molecule has 3 rings (SSSR count). The number of carbonyl (C=O) groups excluding carboxylic acids is 1. The molecule has 1 saturated heterocycles. The molecule has 104 valence electrons. The number of amides is 1. The first kappa shape index (κ1) is 13.7. The fourth-order valence-electron chi connectivity index (χ4n) is 2.89. The highest BCUT2D eigenvalue weighted by molar-refractivity contribution is 7.12. The highest BCUT2D eigenvalue weighted by Crippen LogP contribution is 2.65. The number of likely N-dealkylation sites (tertiary alicyclic amines) is 1. The predicted octanol–water partition coefficient (Wildman–Crippen LogP) is 4.30. The summed E-state index contributed by atoms with van der Waals surface area (Å²) in [6, 6.07) is 4.47. The van der Waals surface area contributed by atoms with Gasteiger partial charge in [0.05, 0.1) is 11.5 Å². The summed E-state index contributed by atoms with van der Waals surface area (Å²) < 4.78 is -0.872. The summed E-state index contributed by atoms with van der Waals surface area (Å²) in [6.45, 7) is 4.80. The van der Waals surface area contributed by atoms with Crippen LogP contribution in [0.15, 0.2) is 12.1 Å². The van der Waals surface area contributed by atoms with E-state index in [0.29, 0.717) is 6.42 Å². The van der Waals surface area contributed by atoms with Gasteiger partial charge in [-0.2, -0.15) is 0 Å². The van der Waals surface area contributed by atoms with E-state index in [1.807, 2.05) is 11.8 Å². The second-order valence-electron chi connectivity index (χ2n) is 5.82. The lowest BCUT2D eigenvalue weighted by Gasteiger charge is -2.27. The maximum atomic E-state index is 12.7. The highest BCUT2D eigenvalue weighted by atomic mass is 35.5. The van der Waals surface area contributed by atoms with Crippen molar-refractivity contribution in [1.29, 1.82) is 0 Å². The Hall–Kier alpha value is -0.250. The van der Waals surface area contributed by atoms with Crippen LogP contribution in [0.3, 0.4) is 0 Å². The molecule has 2 fully saturated rings. The van der Waals surface area contributed by atoms with Crippen LogP contribution < -0.4 is 0 Å². The number of aryl methyl sites for hydroxylation is 1. The van der Waals surface area contributed by atoms with Crippen LogP contribution in [0.2, 0.25) is 0 Å². The van der Waals surface area contributed by atoms with Gasteiger partial charge in [-0.25, -0.2) is 0 Å². The Bertz CT molecular complexity index is 527. The van der Waals surface area contributed by atoms with Crippen molar-refractivity contribution < 1.29 is 4.79 Å². The molecule has 19 heavy (non-hydrogen) atoms. The number of carbonyl (C=O) groups is 1. The van der Waals surface area contributed by atoms with Crippen molar-refractivity contribution in [1.82, 2.24) is 4.90 Å². The molecular weight excluding hydrogens is 301 g/mol. The van der Waals surface area contributed by atoms with Crippen LogP contribution in [0.25, 0.3) is 0 Å². The van der Waals surface area contributed by atoms with E-state index in [1.165, 1.54) is 9.75 Å². The average molecular weight is 318 g/mol. The molecule has 5 heteroatoms. The van der Waals surface area contributed by atoms with Gasteiger partial charge >= 0.3 is 0 Å². The van der Waals surface area contributed by atoms with E-state index < -0.39 is 9.75 Å². The molecule has 0 spiro atoms. The Labute approximate surface area is 127 Å². The molecule has 1 aliphatic carbocycles. The first-order valence-corrected chi connectivity index (χ1v) is 8.18. The summed E-state index contributed by atoms with van der Waals surface area (Å²) in [5, 5.41) is 0. The third-order valence-corrected chi connectivity index (χ3v) is 6.54. The molecular formula is C14H17Cl2NOS. The van der Waals surface area contributed by atoms with Crippen molar-refractivity contribution in [2.45, 2.75) is 43.5 Å². The zero-order chi connectivity index (χ0) is 13.8. The number of nitrogens with zero attached hydrogens (tertiary/aromatic N) is 1. The van der Waals surface area contributed by atoms with Crippen LogP contribution in [0.4, 0.5) is 0 Å². The summed E-state index contributed by atoms with van der Waals surface area (Å²) >= 11 is 14.1. The number of halogens is 2. The SMILES string of the molecule is Cc1ccc([C@@H]2CCCN2C(=O)[C@]2(C)CC2(Cl)Cl)s1. The largest absolute Gasteiger partial charge is 0.334 e. The molecule has 1 aromatic rings. The van der Waals surface area contributed by atoms with Crippen molar-refractivity contribution >= 4 is 40.4 Å². The first-order chi connectivity index (χ1) is 8.85. The van der Waals surface area contributed by atoms with E-state index in [1.54, 1.807) is 11.3 Å². The third kappa shape index (κ3) is 2.10. The summed E-state index contributed by atoms with van der Waals surface area (Å²) in [4.78, 5) is 17.2. The minimum absolute atomic E-state index is 0.117. The van der Waals surface area contributed by atoms with Gasteiger partial charge in [0.15, 0.2) is 0 Å². The second-order valence-corrected chi connectivity index (χ2v) is 8.62. The van der Waals surface area contributed by atoms with Crippen molar-refractivity contribution in [3.05, 3.63) is 21.9 Å². The van der Waals surface area contributed by atoms with Gasteiger partial charge < -0.3 is 4.90 Å². The fraction of sp³-hybridized carbons (Fsp3) is 0.643. The Morgan fingerprint density at radius 3 is 2.68 bits per heavy atom. The van der Waals surface area contributed by atoms with Crippen LogP contribution in [0.5, 0.6) is 0 Å². The Morgan fingerprint density at radius 1 is 1.47 bits per heavy atom. The normalized spacial score (nSPS) is 32.6. The molecule has 1 amide bonds. The van der Waals surface area contributed by atoms with Gasteiger partial charge in [0.1, 0.15) is 4.33 Å². The maximum Gasteiger partial charge on any atom is 0.232 e.